The van der Waals surface area contributed by atoms with E-state index in [0.717, 1.165) is 23.7 Å². The summed E-state index contributed by atoms with van der Waals surface area (Å²) in [4.78, 5) is 0. The maximum absolute atomic E-state index is 4.12. The molecule has 1 aliphatic heterocycles. The van der Waals surface area contributed by atoms with Crippen LogP contribution in [0.15, 0.2) is 60.7 Å². The van der Waals surface area contributed by atoms with Gasteiger partial charge in [0, 0.05) is 5.54 Å². The Hall–Kier alpha value is -1.60. The van der Waals surface area contributed by atoms with Crippen LogP contribution in [0.1, 0.15) is 57.1 Å². The van der Waals surface area contributed by atoms with Crippen LogP contribution in [-0.2, 0) is 6.42 Å². The number of hydrogen-bond acceptors (Lipinski definition) is 1. The third kappa shape index (κ3) is 3.59. The summed E-state index contributed by atoms with van der Waals surface area (Å²) in [5.74, 6) is 3.74. The van der Waals surface area contributed by atoms with Crippen LogP contribution < -0.4 is 5.32 Å². The van der Waals surface area contributed by atoms with Gasteiger partial charge in [-0.15, -0.1) is 0 Å². The van der Waals surface area contributed by atoms with Crippen molar-refractivity contribution >= 4 is 0 Å². The van der Waals surface area contributed by atoms with Gasteiger partial charge in [0.05, 0.1) is 0 Å². The van der Waals surface area contributed by atoms with Crippen molar-refractivity contribution in [2.75, 3.05) is 6.54 Å². The standard InChI is InChI=1S/C26H35N/c1-4-21-18-27-26(16-20-11-7-5-8-12-20)17-24(21)23(15-25(26)19(2)3)22-13-9-6-10-14-22/h5-14,19,21,23-25,27H,4,15-18H2,1-3H3. The zero-order chi connectivity index (χ0) is 18.9. The first-order chi connectivity index (χ1) is 13.1. The van der Waals surface area contributed by atoms with E-state index in [1.165, 1.54) is 37.8 Å². The summed E-state index contributed by atoms with van der Waals surface area (Å²) in [6.07, 6.45) is 5.10. The molecule has 0 amide bonds. The molecule has 1 nitrogen and oxygen atoms in total. The van der Waals surface area contributed by atoms with Gasteiger partial charge in [-0.3, -0.25) is 0 Å². The molecule has 2 aliphatic rings. The maximum Gasteiger partial charge on any atom is 0.0255 e. The van der Waals surface area contributed by atoms with Gasteiger partial charge in [0.2, 0.25) is 0 Å². The number of fused-ring (bicyclic) bond motifs is 2. The van der Waals surface area contributed by atoms with Crippen LogP contribution in [0.4, 0.5) is 0 Å². The van der Waals surface area contributed by atoms with Crippen LogP contribution in [-0.4, -0.2) is 12.1 Å². The van der Waals surface area contributed by atoms with Gasteiger partial charge < -0.3 is 5.32 Å². The van der Waals surface area contributed by atoms with E-state index in [1.807, 2.05) is 0 Å². The molecule has 0 radical (unpaired) electrons. The van der Waals surface area contributed by atoms with E-state index in [-0.39, 0.29) is 5.54 Å². The average Bonchev–Trinajstić information content (AvgIpc) is 2.69. The van der Waals surface area contributed by atoms with Gasteiger partial charge in [0.15, 0.2) is 0 Å². The van der Waals surface area contributed by atoms with E-state index in [0.29, 0.717) is 5.92 Å². The lowest BCUT2D eigenvalue weighted by atomic mass is 9.53. The van der Waals surface area contributed by atoms with Crippen LogP contribution >= 0.6 is 0 Å². The van der Waals surface area contributed by atoms with Crippen molar-refractivity contribution < 1.29 is 0 Å². The summed E-state index contributed by atoms with van der Waals surface area (Å²) >= 11 is 0. The Labute approximate surface area is 165 Å². The monoisotopic (exact) mass is 361 g/mol. The topological polar surface area (TPSA) is 12.0 Å². The number of benzene rings is 2. The smallest absolute Gasteiger partial charge is 0.0255 e. The minimum atomic E-state index is 0.261. The summed E-state index contributed by atoms with van der Waals surface area (Å²) in [5.41, 5.74) is 3.32. The van der Waals surface area contributed by atoms with E-state index in [9.17, 15) is 0 Å². The van der Waals surface area contributed by atoms with Crippen molar-refractivity contribution in [1.82, 2.24) is 5.32 Å². The number of nitrogens with one attached hydrogen (secondary N) is 1. The summed E-state index contributed by atoms with van der Waals surface area (Å²) in [5, 5.41) is 4.12. The van der Waals surface area contributed by atoms with Crippen LogP contribution in [0.3, 0.4) is 0 Å². The quantitative estimate of drug-likeness (QED) is 0.682. The SMILES string of the molecule is CCC1CNC2(Cc3ccccc3)CC1C(c1ccccc1)CC2C(C)C. The second kappa shape index (κ2) is 7.80. The lowest BCUT2D eigenvalue weighted by Gasteiger charge is -2.58. The minimum Gasteiger partial charge on any atom is -0.310 e. The van der Waals surface area contributed by atoms with E-state index >= 15 is 0 Å². The maximum atomic E-state index is 4.12. The van der Waals surface area contributed by atoms with Crippen molar-refractivity contribution in [3.05, 3.63) is 71.8 Å². The Morgan fingerprint density at radius 1 is 1.00 bits per heavy atom. The second-order valence-corrected chi connectivity index (χ2v) is 9.34. The first-order valence-corrected chi connectivity index (χ1v) is 11.0. The molecule has 1 aliphatic carbocycles. The highest BCUT2D eigenvalue weighted by molar-refractivity contribution is 5.27. The summed E-state index contributed by atoms with van der Waals surface area (Å²) in [6, 6.07) is 22.5. The van der Waals surface area contributed by atoms with Crippen molar-refractivity contribution in [3.63, 3.8) is 0 Å². The minimum absolute atomic E-state index is 0.261. The predicted octanol–water partition coefficient (Wildman–Crippen LogP) is 6.06. The molecule has 0 spiro atoms. The van der Waals surface area contributed by atoms with Gasteiger partial charge in [0.25, 0.3) is 0 Å². The van der Waals surface area contributed by atoms with E-state index in [4.69, 9.17) is 0 Å². The van der Waals surface area contributed by atoms with Gasteiger partial charge in [-0.25, -0.2) is 0 Å². The van der Waals surface area contributed by atoms with Gasteiger partial charge >= 0.3 is 0 Å². The average molecular weight is 362 g/mol. The molecule has 2 aromatic rings. The molecule has 2 bridgehead atoms. The molecule has 0 aromatic heterocycles. The van der Waals surface area contributed by atoms with Crippen LogP contribution in [0.25, 0.3) is 0 Å². The van der Waals surface area contributed by atoms with Gasteiger partial charge in [0.1, 0.15) is 0 Å². The lowest BCUT2D eigenvalue weighted by Crippen LogP contribution is -2.64. The highest BCUT2D eigenvalue weighted by atomic mass is 15.0. The first kappa shape index (κ1) is 18.7. The molecule has 1 heterocycles. The van der Waals surface area contributed by atoms with Crippen molar-refractivity contribution in [1.29, 1.82) is 0 Å². The molecule has 1 N–H and O–H groups in total. The van der Waals surface area contributed by atoms with Crippen LogP contribution in [0.2, 0.25) is 0 Å². The summed E-state index contributed by atoms with van der Waals surface area (Å²) in [7, 11) is 0. The fourth-order valence-corrected chi connectivity index (χ4v) is 6.24. The molecule has 2 aromatic carbocycles. The normalized spacial score (nSPS) is 33.2. The third-order valence-corrected chi connectivity index (χ3v) is 7.58. The molecule has 27 heavy (non-hydrogen) atoms. The van der Waals surface area contributed by atoms with Gasteiger partial charge in [-0.1, -0.05) is 87.9 Å². The largest absolute Gasteiger partial charge is 0.310 e. The van der Waals surface area contributed by atoms with Crippen molar-refractivity contribution in [3.8, 4) is 0 Å². The Morgan fingerprint density at radius 3 is 2.30 bits per heavy atom. The highest BCUT2D eigenvalue weighted by Crippen LogP contribution is 2.54. The number of rotatable bonds is 5. The van der Waals surface area contributed by atoms with E-state index < -0.39 is 0 Å². The molecule has 5 unspecified atom stereocenters. The Balaban J connectivity index is 1.70. The van der Waals surface area contributed by atoms with Crippen molar-refractivity contribution in [2.24, 2.45) is 23.7 Å². The third-order valence-electron chi connectivity index (χ3n) is 7.58. The van der Waals surface area contributed by atoms with Crippen LogP contribution in [0, 0.1) is 23.7 Å². The zero-order valence-corrected chi connectivity index (χ0v) is 17.2. The lowest BCUT2D eigenvalue weighted by molar-refractivity contribution is -0.00797. The number of piperidine rings is 1. The molecule has 1 saturated heterocycles. The molecule has 4 rings (SSSR count). The molecule has 144 valence electrons. The Bertz CT molecular complexity index is 722. The molecular formula is C26H35N. The zero-order valence-electron chi connectivity index (χ0n) is 17.2. The van der Waals surface area contributed by atoms with E-state index in [1.54, 1.807) is 5.56 Å². The molecular weight excluding hydrogens is 326 g/mol. The van der Waals surface area contributed by atoms with E-state index in [2.05, 4.69) is 86.8 Å². The van der Waals surface area contributed by atoms with Gasteiger partial charge in [-0.05, 0) is 66.5 Å². The van der Waals surface area contributed by atoms with Gasteiger partial charge in [-0.2, -0.15) is 0 Å². The molecule has 5 atom stereocenters. The second-order valence-electron chi connectivity index (χ2n) is 9.34. The summed E-state index contributed by atoms with van der Waals surface area (Å²) < 4.78 is 0. The van der Waals surface area contributed by atoms with Crippen LogP contribution in [0.5, 0.6) is 0 Å². The Morgan fingerprint density at radius 2 is 1.67 bits per heavy atom. The number of hydrogen-bond donors (Lipinski definition) is 1. The molecule has 2 fully saturated rings. The van der Waals surface area contributed by atoms with Crippen molar-refractivity contribution in [2.45, 2.75) is 57.9 Å². The molecule has 1 saturated carbocycles. The summed E-state index contributed by atoms with van der Waals surface area (Å²) in [6.45, 7) is 8.44. The first-order valence-electron chi connectivity index (χ1n) is 11.0. The predicted molar refractivity (Wildman–Crippen MR) is 115 cm³/mol. The fourth-order valence-electron chi connectivity index (χ4n) is 6.24. The fraction of sp³-hybridized carbons (Fsp3) is 0.538. The highest BCUT2D eigenvalue weighted by Gasteiger charge is 2.52. The Kier molecular flexibility index (Phi) is 5.41. The molecule has 1 heteroatoms.